The summed E-state index contributed by atoms with van der Waals surface area (Å²) in [6, 6.07) is 2.20. The highest BCUT2D eigenvalue weighted by atomic mass is 32.2. The minimum atomic E-state index is -0.731. The van der Waals surface area contributed by atoms with Crippen molar-refractivity contribution in [3.8, 4) is 6.07 Å². The molecule has 0 spiro atoms. The molecular weight excluding hydrogens is 262 g/mol. The standard InChI is InChI=1S/C12H17N5OS/c1-3-9-14-11(17-16-9)19-6-10(18)15-12(2,7-13)8-4-5-8/h8H,3-6H2,1-2H3,(H,15,18)(H,14,16,17). The average molecular weight is 279 g/mol. The number of thioether (sulfide) groups is 1. The minimum absolute atomic E-state index is 0.149. The van der Waals surface area contributed by atoms with Crippen molar-refractivity contribution in [3.05, 3.63) is 5.82 Å². The fraction of sp³-hybridized carbons (Fsp3) is 0.667. The average Bonchev–Trinajstić information content (AvgIpc) is 3.16. The molecule has 2 rings (SSSR count). The molecule has 0 aliphatic heterocycles. The topological polar surface area (TPSA) is 94.5 Å². The highest BCUT2D eigenvalue weighted by molar-refractivity contribution is 7.99. The Balaban J connectivity index is 1.83. The Labute approximate surface area is 116 Å². The fourth-order valence-electron chi connectivity index (χ4n) is 1.84. The van der Waals surface area contributed by atoms with Crippen LogP contribution in [0.4, 0.5) is 0 Å². The number of rotatable bonds is 6. The quantitative estimate of drug-likeness (QED) is 0.765. The maximum Gasteiger partial charge on any atom is 0.231 e. The zero-order valence-corrected chi connectivity index (χ0v) is 11.9. The van der Waals surface area contributed by atoms with Gasteiger partial charge in [-0.15, -0.1) is 5.10 Å². The fourth-order valence-corrected chi connectivity index (χ4v) is 2.46. The number of nitrogens with one attached hydrogen (secondary N) is 2. The second kappa shape index (κ2) is 5.61. The lowest BCUT2D eigenvalue weighted by molar-refractivity contribution is -0.119. The normalized spacial score (nSPS) is 17.5. The molecule has 1 saturated carbocycles. The Morgan fingerprint density at radius 3 is 2.95 bits per heavy atom. The molecule has 1 aromatic rings. The number of H-pyrrole nitrogens is 1. The maximum atomic E-state index is 11.9. The molecule has 1 heterocycles. The molecule has 0 radical (unpaired) electrons. The monoisotopic (exact) mass is 279 g/mol. The number of hydrogen-bond donors (Lipinski definition) is 2. The highest BCUT2D eigenvalue weighted by Gasteiger charge is 2.42. The third-order valence-corrected chi connectivity index (χ3v) is 4.05. The molecule has 1 aliphatic carbocycles. The predicted molar refractivity (Wildman–Crippen MR) is 71.4 cm³/mol. The second-order valence-corrected chi connectivity index (χ2v) is 5.79. The van der Waals surface area contributed by atoms with Gasteiger partial charge in [0.05, 0.1) is 11.8 Å². The van der Waals surface area contributed by atoms with Crippen molar-refractivity contribution in [1.29, 1.82) is 5.26 Å². The van der Waals surface area contributed by atoms with E-state index in [1.807, 2.05) is 6.92 Å². The third kappa shape index (κ3) is 3.47. The van der Waals surface area contributed by atoms with Gasteiger partial charge in [0.25, 0.3) is 0 Å². The minimum Gasteiger partial charge on any atom is -0.337 e. The SMILES string of the molecule is CCc1nc(SCC(=O)NC(C)(C#N)C2CC2)n[nH]1. The van der Waals surface area contributed by atoms with Crippen molar-refractivity contribution in [2.75, 3.05) is 5.75 Å². The number of nitriles is 1. The zero-order chi connectivity index (χ0) is 13.9. The first-order chi connectivity index (χ1) is 9.07. The van der Waals surface area contributed by atoms with Crippen LogP contribution < -0.4 is 5.32 Å². The van der Waals surface area contributed by atoms with Crippen molar-refractivity contribution >= 4 is 17.7 Å². The van der Waals surface area contributed by atoms with E-state index in [-0.39, 0.29) is 11.7 Å². The largest absolute Gasteiger partial charge is 0.337 e. The molecule has 1 aromatic heterocycles. The van der Waals surface area contributed by atoms with Crippen LogP contribution in [0.5, 0.6) is 0 Å². The molecule has 6 nitrogen and oxygen atoms in total. The summed E-state index contributed by atoms with van der Waals surface area (Å²) < 4.78 is 0. The van der Waals surface area contributed by atoms with Crippen molar-refractivity contribution in [3.63, 3.8) is 0 Å². The van der Waals surface area contributed by atoms with Crippen LogP contribution in [0.15, 0.2) is 5.16 Å². The molecular formula is C12H17N5OS. The first-order valence-corrected chi connectivity index (χ1v) is 7.32. The van der Waals surface area contributed by atoms with Crippen LogP contribution >= 0.6 is 11.8 Å². The van der Waals surface area contributed by atoms with Crippen molar-refractivity contribution in [1.82, 2.24) is 20.5 Å². The molecule has 102 valence electrons. The van der Waals surface area contributed by atoms with Crippen LogP contribution in [0.1, 0.15) is 32.5 Å². The van der Waals surface area contributed by atoms with Gasteiger partial charge in [-0.1, -0.05) is 18.7 Å². The summed E-state index contributed by atoms with van der Waals surface area (Å²) in [5, 5.41) is 19.3. The summed E-state index contributed by atoms with van der Waals surface area (Å²) in [4.78, 5) is 16.1. The molecule has 7 heteroatoms. The Kier molecular flexibility index (Phi) is 4.10. The van der Waals surface area contributed by atoms with Crippen LogP contribution in [0.3, 0.4) is 0 Å². The number of aryl methyl sites for hydroxylation is 1. The Morgan fingerprint density at radius 2 is 2.42 bits per heavy atom. The number of hydrogen-bond acceptors (Lipinski definition) is 5. The van der Waals surface area contributed by atoms with Gasteiger partial charge in [-0.25, -0.2) is 4.98 Å². The van der Waals surface area contributed by atoms with Crippen molar-refractivity contribution < 1.29 is 4.79 Å². The smallest absolute Gasteiger partial charge is 0.231 e. The van der Waals surface area contributed by atoms with Gasteiger partial charge in [-0.3, -0.25) is 9.89 Å². The van der Waals surface area contributed by atoms with Crippen molar-refractivity contribution in [2.24, 2.45) is 5.92 Å². The van der Waals surface area contributed by atoms with E-state index in [0.29, 0.717) is 11.1 Å². The molecule has 1 aliphatic rings. The zero-order valence-electron chi connectivity index (χ0n) is 11.1. The lowest BCUT2D eigenvalue weighted by Gasteiger charge is -2.22. The molecule has 0 saturated heterocycles. The van der Waals surface area contributed by atoms with E-state index in [0.717, 1.165) is 25.1 Å². The summed E-state index contributed by atoms with van der Waals surface area (Å²) in [6.45, 7) is 3.77. The lowest BCUT2D eigenvalue weighted by Crippen LogP contribution is -2.47. The number of carbonyl (C=O) groups is 1. The van der Waals surface area contributed by atoms with E-state index in [9.17, 15) is 4.79 Å². The molecule has 2 N–H and O–H groups in total. The number of aromatic amines is 1. The van der Waals surface area contributed by atoms with E-state index in [2.05, 4.69) is 26.6 Å². The summed E-state index contributed by atoms with van der Waals surface area (Å²) in [6.07, 6.45) is 2.81. The second-order valence-electron chi connectivity index (χ2n) is 4.84. The first-order valence-electron chi connectivity index (χ1n) is 6.33. The van der Waals surface area contributed by atoms with Crippen LogP contribution in [0.2, 0.25) is 0 Å². The Hall–Kier alpha value is -1.55. The van der Waals surface area contributed by atoms with Crippen LogP contribution in [-0.2, 0) is 11.2 Å². The lowest BCUT2D eigenvalue weighted by atomic mass is 9.98. The molecule has 1 unspecified atom stereocenters. The van der Waals surface area contributed by atoms with E-state index < -0.39 is 5.54 Å². The van der Waals surface area contributed by atoms with Gasteiger partial charge in [0.15, 0.2) is 0 Å². The van der Waals surface area contributed by atoms with E-state index in [1.54, 1.807) is 6.92 Å². The first kappa shape index (κ1) is 13.9. The van der Waals surface area contributed by atoms with E-state index >= 15 is 0 Å². The summed E-state index contributed by atoms with van der Waals surface area (Å²) in [5.74, 6) is 1.18. The van der Waals surface area contributed by atoms with Gasteiger partial charge in [0, 0.05) is 6.42 Å². The number of carbonyl (C=O) groups excluding carboxylic acids is 1. The molecule has 1 atom stereocenters. The summed E-state index contributed by atoms with van der Waals surface area (Å²) in [5.41, 5.74) is -0.731. The van der Waals surface area contributed by atoms with Gasteiger partial charge in [-0.2, -0.15) is 5.26 Å². The van der Waals surface area contributed by atoms with E-state index in [1.165, 1.54) is 11.8 Å². The molecule has 1 fully saturated rings. The molecule has 0 aromatic carbocycles. The Morgan fingerprint density at radius 1 is 1.68 bits per heavy atom. The van der Waals surface area contributed by atoms with E-state index in [4.69, 9.17) is 5.26 Å². The summed E-state index contributed by atoms with van der Waals surface area (Å²) in [7, 11) is 0. The molecule has 0 bridgehead atoms. The summed E-state index contributed by atoms with van der Waals surface area (Å²) >= 11 is 1.27. The molecule has 1 amide bonds. The van der Waals surface area contributed by atoms with Crippen LogP contribution in [0, 0.1) is 17.2 Å². The number of aromatic nitrogens is 3. The number of nitrogens with zero attached hydrogens (tertiary/aromatic N) is 3. The van der Waals surface area contributed by atoms with Crippen LogP contribution in [0.25, 0.3) is 0 Å². The van der Waals surface area contributed by atoms with Gasteiger partial charge in [0.2, 0.25) is 11.1 Å². The predicted octanol–water partition coefficient (Wildman–Crippen LogP) is 1.27. The van der Waals surface area contributed by atoms with Gasteiger partial charge in [0.1, 0.15) is 11.4 Å². The molecule has 19 heavy (non-hydrogen) atoms. The van der Waals surface area contributed by atoms with Crippen LogP contribution in [-0.4, -0.2) is 32.4 Å². The maximum absolute atomic E-state index is 11.9. The van der Waals surface area contributed by atoms with Gasteiger partial charge < -0.3 is 5.32 Å². The number of amides is 1. The van der Waals surface area contributed by atoms with Gasteiger partial charge >= 0.3 is 0 Å². The van der Waals surface area contributed by atoms with Gasteiger partial charge in [-0.05, 0) is 25.7 Å². The highest BCUT2D eigenvalue weighted by Crippen LogP contribution is 2.39. The van der Waals surface area contributed by atoms with Crippen molar-refractivity contribution in [2.45, 2.75) is 43.8 Å². The third-order valence-electron chi connectivity index (χ3n) is 3.20. The Bertz CT molecular complexity index is 504.